The third kappa shape index (κ3) is 2.43. The van der Waals surface area contributed by atoms with Crippen LogP contribution in [-0.4, -0.2) is 15.0 Å². The lowest BCUT2D eigenvalue weighted by Crippen LogP contribution is -2.13. The standard InChI is InChI=1S/C16H17NO2S/c18-20(19,15-4-2-1-3-5-15)16-7-6-13-8-10-17-11-9-14(13)12-16/h1-5,7,9,11-13,17H,6,8,10H2. The summed E-state index contributed by atoms with van der Waals surface area (Å²) < 4.78 is 25.2. The molecular weight excluding hydrogens is 270 g/mol. The minimum atomic E-state index is -3.39. The Morgan fingerprint density at radius 3 is 2.75 bits per heavy atom. The smallest absolute Gasteiger partial charge is 0.206 e. The Bertz CT molecular complexity index is 684. The SMILES string of the molecule is O=S(=O)(C1=CCC2CCNC=CC2=C1)c1ccccc1. The fourth-order valence-electron chi connectivity index (χ4n) is 2.62. The van der Waals surface area contributed by atoms with Crippen LogP contribution < -0.4 is 5.32 Å². The summed E-state index contributed by atoms with van der Waals surface area (Å²) in [4.78, 5) is 0.777. The van der Waals surface area contributed by atoms with E-state index in [1.54, 1.807) is 24.3 Å². The second kappa shape index (κ2) is 5.29. The zero-order chi connectivity index (χ0) is 14.0. The fourth-order valence-corrected chi connectivity index (χ4v) is 4.02. The highest BCUT2D eigenvalue weighted by molar-refractivity contribution is 7.95. The predicted molar refractivity (Wildman–Crippen MR) is 79.7 cm³/mol. The van der Waals surface area contributed by atoms with E-state index in [9.17, 15) is 8.42 Å². The number of allylic oxidation sites excluding steroid dienone is 4. The lowest BCUT2D eigenvalue weighted by Gasteiger charge is -2.20. The Morgan fingerprint density at radius 2 is 1.95 bits per heavy atom. The first kappa shape index (κ1) is 13.2. The van der Waals surface area contributed by atoms with Gasteiger partial charge < -0.3 is 5.32 Å². The molecule has 1 aromatic rings. The summed E-state index contributed by atoms with van der Waals surface area (Å²) in [5, 5.41) is 3.19. The van der Waals surface area contributed by atoms with Gasteiger partial charge in [0.15, 0.2) is 0 Å². The largest absolute Gasteiger partial charge is 0.391 e. The third-order valence-corrected chi connectivity index (χ3v) is 5.58. The van der Waals surface area contributed by atoms with E-state index >= 15 is 0 Å². The summed E-state index contributed by atoms with van der Waals surface area (Å²) in [6, 6.07) is 8.61. The summed E-state index contributed by atoms with van der Waals surface area (Å²) in [6.45, 7) is 0.938. The average molecular weight is 287 g/mol. The molecule has 0 radical (unpaired) electrons. The van der Waals surface area contributed by atoms with Gasteiger partial charge in [0.05, 0.1) is 9.80 Å². The Kier molecular flexibility index (Phi) is 3.49. The van der Waals surface area contributed by atoms with Gasteiger partial charge in [-0.25, -0.2) is 8.42 Å². The molecule has 0 spiro atoms. The van der Waals surface area contributed by atoms with Crippen molar-refractivity contribution in [3.05, 3.63) is 65.2 Å². The minimum Gasteiger partial charge on any atom is -0.391 e. The third-order valence-electron chi connectivity index (χ3n) is 3.78. The molecule has 1 unspecified atom stereocenters. The van der Waals surface area contributed by atoms with E-state index in [1.807, 2.05) is 30.5 Å². The highest BCUT2D eigenvalue weighted by atomic mass is 32.2. The first-order chi connectivity index (χ1) is 9.68. The molecule has 1 aliphatic carbocycles. The van der Waals surface area contributed by atoms with Crippen LogP contribution in [0.4, 0.5) is 0 Å². The number of sulfone groups is 1. The molecule has 2 aliphatic rings. The number of hydrogen-bond donors (Lipinski definition) is 1. The molecule has 0 aromatic heterocycles. The molecule has 1 N–H and O–H groups in total. The number of fused-ring (bicyclic) bond motifs is 1. The molecular formula is C16H17NO2S. The molecule has 1 aliphatic heterocycles. The van der Waals surface area contributed by atoms with Crippen LogP contribution in [0.1, 0.15) is 12.8 Å². The van der Waals surface area contributed by atoms with Crippen LogP contribution in [0.5, 0.6) is 0 Å². The van der Waals surface area contributed by atoms with E-state index < -0.39 is 9.84 Å². The van der Waals surface area contributed by atoms with Crippen molar-refractivity contribution in [2.45, 2.75) is 17.7 Å². The maximum absolute atomic E-state index is 12.6. The van der Waals surface area contributed by atoms with Crippen molar-refractivity contribution in [2.24, 2.45) is 5.92 Å². The molecule has 1 heterocycles. The first-order valence-electron chi connectivity index (χ1n) is 6.80. The quantitative estimate of drug-likeness (QED) is 0.910. The van der Waals surface area contributed by atoms with Crippen molar-refractivity contribution in [1.29, 1.82) is 0 Å². The summed E-state index contributed by atoms with van der Waals surface area (Å²) in [5.41, 5.74) is 1.10. The lowest BCUT2D eigenvalue weighted by molar-refractivity contribution is 0.567. The summed E-state index contributed by atoms with van der Waals surface area (Å²) in [6.07, 6.45) is 9.40. The molecule has 3 rings (SSSR count). The zero-order valence-electron chi connectivity index (χ0n) is 11.1. The number of hydrogen-bond acceptors (Lipinski definition) is 3. The second-order valence-corrected chi connectivity index (χ2v) is 7.03. The van der Waals surface area contributed by atoms with Gasteiger partial charge in [-0.15, -0.1) is 0 Å². The van der Waals surface area contributed by atoms with Crippen LogP contribution in [0.15, 0.2) is 70.1 Å². The van der Waals surface area contributed by atoms with E-state index in [4.69, 9.17) is 0 Å². The van der Waals surface area contributed by atoms with Crippen molar-refractivity contribution in [2.75, 3.05) is 6.54 Å². The van der Waals surface area contributed by atoms with Crippen LogP contribution in [0.2, 0.25) is 0 Å². The van der Waals surface area contributed by atoms with Crippen molar-refractivity contribution in [1.82, 2.24) is 5.32 Å². The normalized spacial score (nSPS) is 22.1. The molecule has 1 aromatic carbocycles. The Labute approximate surface area is 119 Å². The molecule has 0 fully saturated rings. The highest BCUT2D eigenvalue weighted by Gasteiger charge is 2.25. The topological polar surface area (TPSA) is 46.2 Å². The predicted octanol–water partition coefficient (Wildman–Crippen LogP) is 2.80. The highest BCUT2D eigenvalue weighted by Crippen LogP contribution is 2.32. The van der Waals surface area contributed by atoms with Gasteiger partial charge in [-0.3, -0.25) is 0 Å². The van der Waals surface area contributed by atoms with E-state index in [1.165, 1.54) is 0 Å². The van der Waals surface area contributed by atoms with Gasteiger partial charge in [-0.1, -0.05) is 24.3 Å². The Balaban J connectivity index is 1.98. The molecule has 0 amide bonds. The Hall–Kier alpha value is -1.81. The molecule has 4 heteroatoms. The maximum atomic E-state index is 12.6. The summed E-state index contributed by atoms with van der Waals surface area (Å²) in [7, 11) is -3.39. The van der Waals surface area contributed by atoms with Crippen LogP contribution in [0.3, 0.4) is 0 Å². The molecule has 0 saturated carbocycles. The van der Waals surface area contributed by atoms with Crippen molar-refractivity contribution >= 4 is 9.84 Å². The van der Waals surface area contributed by atoms with E-state index in [0.717, 1.165) is 25.0 Å². The minimum absolute atomic E-state index is 0.359. The second-order valence-electron chi connectivity index (χ2n) is 5.08. The van der Waals surface area contributed by atoms with Gasteiger partial charge >= 0.3 is 0 Å². The number of rotatable bonds is 2. The summed E-state index contributed by atoms with van der Waals surface area (Å²) >= 11 is 0. The van der Waals surface area contributed by atoms with Crippen LogP contribution >= 0.6 is 0 Å². The van der Waals surface area contributed by atoms with Crippen LogP contribution in [0.25, 0.3) is 0 Å². The van der Waals surface area contributed by atoms with Gasteiger partial charge in [0.25, 0.3) is 0 Å². The maximum Gasteiger partial charge on any atom is 0.206 e. The van der Waals surface area contributed by atoms with E-state index in [2.05, 4.69) is 5.32 Å². The average Bonchev–Trinajstić information content (AvgIpc) is 2.72. The molecule has 1 atom stereocenters. The molecule has 0 saturated heterocycles. The van der Waals surface area contributed by atoms with Gasteiger partial charge in [0, 0.05) is 6.54 Å². The molecule has 3 nitrogen and oxygen atoms in total. The van der Waals surface area contributed by atoms with Crippen molar-refractivity contribution in [3.8, 4) is 0 Å². The first-order valence-corrected chi connectivity index (χ1v) is 8.28. The zero-order valence-corrected chi connectivity index (χ0v) is 11.9. The van der Waals surface area contributed by atoms with E-state index in [-0.39, 0.29) is 0 Å². The monoisotopic (exact) mass is 287 g/mol. The van der Waals surface area contributed by atoms with Gasteiger partial charge in [-0.2, -0.15) is 0 Å². The van der Waals surface area contributed by atoms with Gasteiger partial charge in [0.1, 0.15) is 0 Å². The van der Waals surface area contributed by atoms with Gasteiger partial charge in [-0.05, 0) is 54.8 Å². The summed E-state index contributed by atoms with van der Waals surface area (Å²) in [5.74, 6) is 0.427. The molecule has 20 heavy (non-hydrogen) atoms. The van der Waals surface area contributed by atoms with Crippen LogP contribution in [-0.2, 0) is 9.84 Å². The van der Waals surface area contributed by atoms with Crippen molar-refractivity contribution < 1.29 is 8.42 Å². The fraction of sp³-hybridized carbons (Fsp3) is 0.250. The molecule has 104 valence electrons. The number of nitrogens with one attached hydrogen (secondary N) is 1. The number of benzene rings is 1. The Morgan fingerprint density at radius 1 is 1.15 bits per heavy atom. The van der Waals surface area contributed by atoms with Crippen molar-refractivity contribution in [3.63, 3.8) is 0 Å². The van der Waals surface area contributed by atoms with E-state index in [0.29, 0.717) is 15.7 Å². The van der Waals surface area contributed by atoms with Crippen LogP contribution in [0, 0.1) is 5.92 Å². The lowest BCUT2D eigenvalue weighted by atomic mass is 9.89. The van der Waals surface area contributed by atoms with Gasteiger partial charge in [0.2, 0.25) is 9.84 Å². The molecule has 0 bridgehead atoms.